The summed E-state index contributed by atoms with van der Waals surface area (Å²) >= 11 is 1.52. The number of carbonyl (C=O) groups excluding carboxylic acids is 1. The maximum atomic E-state index is 12.2. The molecule has 112 valence electrons. The lowest BCUT2D eigenvalue weighted by Crippen LogP contribution is -2.71. The summed E-state index contributed by atoms with van der Waals surface area (Å²) in [7, 11) is 0. The second kappa shape index (κ2) is 4.48. The molecule has 21 heavy (non-hydrogen) atoms. The Bertz CT molecular complexity index is 604. The van der Waals surface area contributed by atoms with Crippen molar-refractivity contribution < 1.29 is 14.7 Å². The van der Waals surface area contributed by atoms with E-state index in [0.717, 1.165) is 5.56 Å². The molecule has 3 atom stereocenters. The van der Waals surface area contributed by atoms with E-state index >= 15 is 0 Å². The Morgan fingerprint density at radius 3 is 2.57 bits per heavy atom. The molecule has 1 unspecified atom stereocenters. The van der Waals surface area contributed by atoms with E-state index in [-0.39, 0.29) is 11.3 Å². The summed E-state index contributed by atoms with van der Waals surface area (Å²) in [5, 5.41) is 9.90. The Morgan fingerprint density at radius 1 is 1.43 bits per heavy atom. The molecule has 0 bridgehead atoms. The summed E-state index contributed by atoms with van der Waals surface area (Å²) in [6.07, 6.45) is 0.393. The number of rotatable bonds is 3. The lowest BCUT2D eigenvalue weighted by molar-refractivity contribution is -0.170. The molecule has 0 aromatic heterocycles. The number of nitrogens with zero attached hydrogens (tertiary/aromatic N) is 1. The summed E-state index contributed by atoms with van der Waals surface area (Å²) in [6.45, 7) is 3.72. The summed E-state index contributed by atoms with van der Waals surface area (Å²) in [4.78, 5) is 25.7. The zero-order chi connectivity index (χ0) is 15.4. The van der Waals surface area contributed by atoms with E-state index in [1.54, 1.807) is 0 Å². The van der Waals surface area contributed by atoms with E-state index in [2.05, 4.69) is 0 Å². The Balaban J connectivity index is 2.16. The highest BCUT2D eigenvalue weighted by molar-refractivity contribution is 8.01. The van der Waals surface area contributed by atoms with Gasteiger partial charge in [0.1, 0.15) is 0 Å². The van der Waals surface area contributed by atoms with Gasteiger partial charge in [-0.2, -0.15) is 0 Å². The van der Waals surface area contributed by atoms with Gasteiger partial charge < -0.3 is 15.7 Å². The third kappa shape index (κ3) is 1.69. The van der Waals surface area contributed by atoms with Crippen molar-refractivity contribution in [2.75, 3.05) is 0 Å². The number of carbonyl (C=O) groups is 2. The number of carboxylic acid groups (broad SMARTS) is 1. The molecule has 5 nitrogen and oxygen atoms in total. The first kappa shape index (κ1) is 14.4. The number of benzene rings is 1. The molecule has 1 amide bonds. The lowest BCUT2D eigenvalue weighted by atomic mass is 9.73. The third-order valence-corrected chi connectivity index (χ3v) is 6.12. The first-order valence-electron chi connectivity index (χ1n) is 6.86. The van der Waals surface area contributed by atoms with Gasteiger partial charge in [-0.3, -0.25) is 4.79 Å². The van der Waals surface area contributed by atoms with Crippen LogP contribution in [-0.2, 0) is 9.59 Å². The quantitative estimate of drug-likeness (QED) is 0.829. The monoisotopic (exact) mass is 306 g/mol. The number of thioether (sulfide) groups is 1. The molecule has 3 rings (SSSR count). The van der Waals surface area contributed by atoms with Crippen LogP contribution in [0.15, 0.2) is 30.3 Å². The Morgan fingerprint density at radius 2 is 2.05 bits per heavy atom. The van der Waals surface area contributed by atoms with E-state index in [1.807, 2.05) is 44.2 Å². The van der Waals surface area contributed by atoms with Crippen LogP contribution in [0.25, 0.3) is 0 Å². The summed E-state index contributed by atoms with van der Waals surface area (Å²) in [5.41, 5.74) is 5.69. The molecular weight excluding hydrogens is 288 g/mol. The molecule has 2 saturated heterocycles. The number of hydrogen-bond acceptors (Lipinski definition) is 4. The van der Waals surface area contributed by atoms with E-state index in [0.29, 0.717) is 6.42 Å². The van der Waals surface area contributed by atoms with E-state index in [1.165, 1.54) is 16.7 Å². The Hall–Kier alpha value is -1.53. The van der Waals surface area contributed by atoms with Crippen LogP contribution in [-0.4, -0.2) is 37.5 Å². The van der Waals surface area contributed by atoms with E-state index < -0.39 is 22.3 Å². The van der Waals surface area contributed by atoms with Crippen molar-refractivity contribution in [1.82, 2.24) is 4.90 Å². The summed E-state index contributed by atoms with van der Waals surface area (Å²) in [5.74, 6) is -1.17. The third-order valence-electron chi connectivity index (χ3n) is 4.57. The van der Waals surface area contributed by atoms with Gasteiger partial charge in [-0.15, -0.1) is 11.8 Å². The minimum absolute atomic E-state index is 0.0848. The number of β-lactam (4-membered cyclic amide) rings is 1. The second-order valence-corrected chi connectivity index (χ2v) is 7.81. The fourth-order valence-electron chi connectivity index (χ4n) is 3.54. The van der Waals surface area contributed by atoms with Crippen LogP contribution in [0.2, 0.25) is 0 Å². The van der Waals surface area contributed by atoms with Gasteiger partial charge in [0, 0.05) is 4.75 Å². The molecule has 0 spiro atoms. The van der Waals surface area contributed by atoms with Crippen LogP contribution in [0.1, 0.15) is 31.9 Å². The van der Waals surface area contributed by atoms with Gasteiger partial charge in [-0.25, -0.2) is 4.79 Å². The lowest BCUT2D eigenvalue weighted by Gasteiger charge is -2.49. The number of hydrogen-bond donors (Lipinski definition) is 2. The van der Waals surface area contributed by atoms with Crippen molar-refractivity contribution in [2.24, 2.45) is 5.73 Å². The molecule has 3 N–H and O–H groups in total. The molecular formula is C15H18N2O3S. The van der Waals surface area contributed by atoms with Gasteiger partial charge in [0.2, 0.25) is 5.91 Å². The van der Waals surface area contributed by atoms with Crippen molar-refractivity contribution in [3.05, 3.63) is 35.9 Å². The standard InChI is InChI=1S/C15H18N2O3S/c1-14(2)15(13(19)20,17-10(18)8-11(17)21-14)12(16)9-6-4-3-5-7-9/h3-7,11-12H,8,16H2,1-2H3,(H,19,20)/t11-,12?,15+/m1/s1. The van der Waals surface area contributed by atoms with Gasteiger partial charge in [-0.1, -0.05) is 30.3 Å². The molecule has 6 heteroatoms. The van der Waals surface area contributed by atoms with Crippen LogP contribution >= 0.6 is 11.8 Å². The number of nitrogens with two attached hydrogens (primary N) is 1. The molecule has 1 aromatic rings. The van der Waals surface area contributed by atoms with Crippen LogP contribution in [0.5, 0.6) is 0 Å². The SMILES string of the molecule is CC1(C)S[C@@H]2CC(=O)N2[C@]1(C(=O)O)C(N)c1ccccc1. The molecule has 2 fully saturated rings. The van der Waals surface area contributed by atoms with Crippen LogP contribution in [0.4, 0.5) is 0 Å². The average molecular weight is 306 g/mol. The van der Waals surface area contributed by atoms with Crippen molar-refractivity contribution in [2.45, 2.75) is 42.0 Å². The van der Waals surface area contributed by atoms with E-state index in [4.69, 9.17) is 5.73 Å². The summed E-state index contributed by atoms with van der Waals surface area (Å²) < 4.78 is -0.662. The molecule has 1 aromatic carbocycles. The first-order valence-corrected chi connectivity index (χ1v) is 7.74. The largest absolute Gasteiger partial charge is 0.479 e. The highest BCUT2D eigenvalue weighted by Crippen LogP contribution is 2.60. The Kier molecular flexibility index (Phi) is 3.07. The van der Waals surface area contributed by atoms with Gasteiger partial charge in [0.15, 0.2) is 5.54 Å². The van der Waals surface area contributed by atoms with Crippen molar-refractivity contribution >= 4 is 23.6 Å². The Labute approximate surface area is 127 Å². The predicted octanol–water partition coefficient (Wildman–Crippen LogP) is 1.59. The highest BCUT2D eigenvalue weighted by atomic mass is 32.2. The molecule has 0 aliphatic carbocycles. The number of carboxylic acids is 1. The molecule has 2 aliphatic rings. The number of aliphatic carboxylic acids is 1. The van der Waals surface area contributed by atoms with Gasteiger partial charge >= 0.3 is 5.97 Å². The van der Waals surface area contributed by atoms with Crippen molar-refractivity contribution in [1.29, 1.82) is 0 Å². The van der Waals surface area contributed by atoms with Gasteiger partial charge in [-0.05, 0) is 19.4 Å². The number of fused-ring (bicyclic) bond motifs is 1. The van der Waals surface area contributed by atoms with Gasteiger partial charge in [0.05, 0.1) is 17.8 Å². The molecule has 0 radical (unpaired) electrons. The van der Waals surface area contributed by atoms with Crippen LogP contribution < -0.4 is 5.73 Å². The predicted molar refractivity (Wildman–Crippen MR) is 80.7 cm³/mol. The molecule has 2 aliphatic heterocycles. The van der Waals surface area contributed by atoms with Gasteiger partial charge in [0.25, 0.3) is 0 Å². The minimum atomic E-state index is -1.42. The van der Waals surface area contributed by atoms with Crippen LogP contribution in [0.3, 0.4) is 0 Å². The first-order chi connectivity index (χ1) is 9.82. The zero-order valence-electron chi connectivity index (χ0n) is 11.9. The fraction of sp³-hybridized carbons (Fsp3) is 0.467. The topological polar surface area (TPSA) is 83.6 Å². The van der Waals surface area contributed by atoms with E-state index in [9.17, 15) is 14.7 Å². The number of amides is 1. The average Bonchev–Trinajstić information content (AvgIpc) is 2.62. The second-order valence-electron chi connectivity index (χ2n) is 6.01. The fourth-order valence-corrected chi connectivity index (χ4v) is 5.33. The van der Waals surface area contributed by atoms with Crippen molar-refractivity contribution in [3.8, 4) is 0 Å². The van der Waals surface area contributed by atoms with Crippen molar-refractivity contribution in [3.63, 3.8) is 0 Å². The summed E-state index contributed by atoms with van der Waals surface area (Å²) in [6, 6.07) is 8.37. The zero-order valence-corrected chi connectivity index (χ0v) is 12.8. The molecule has 0 saturated carbocycles. The maximum absolute atomic E-state index is 12.2. The highest BCUT2D eigenvalue weighted by Gasteiger charge is 2.71. The maximum Gasteiger partial charge on any atom is 0.333 e. The normalized spacial score (nSPS) is 31.5. The minimum Gasteiger partial charge on any atom is -0.479 e. The smallest absolute Gasteiger partial charge is 0.333 e. The molecule has 2 heterocycles. The van der Waals surface area contributed by atoms with Crippen LogP contribution in [0, 0.1) is 0 Å².